The Balaban J connectivity index is -0.000000451. The summed E-state index contributed by atoms with van der Waals surface area (Å²) in [6.07, 6.45) is 38.2. The van der Waals surface area contributed by atoms with Crippen molar-refractivity contribution in [3.8, 4) is 18.7 Å². The number of hydrogen-bond donors (Lipinski definition) is 6. The average molecular weight is 2300 g/mol. The van der Waals surface area contributed by atoms with Gasteiger partial charge in [-0.2, -0.15) is 279 Å². The summed E-state index contributed by atoms with van der Waals surface area (Å²) in [5, 5.41) is 75.3. The van der Waals surface area contributed by atoms with Crippen LogP contribution in [0.3, 0.4) is 0 Å². The van der Waals surface area contributed by atoms with Crippen molar-refractivity contribution in [3.63, 3.8) is 0 Å². The first-order valence-corrected chi connectivity index (χ1v) is 38.6. The quantitative estimate of drug-likeness (QED) is 0.0263. The minimum Gasteiger partial charge on any atom is -0.811 e. The molecule has 0 aliphatic carbocycles. The molecule has 0 saturated heterocycles. The van der Waals surface area contributed by atoms with Crippen LogP contribution in [0.4, 0.5) is 62.6 Å². The van der Waals surface area contributed by atoms with Crippen LogP contribution in [0.5, 0.6) is 0 Å². The van der Waals surface area contributed by atoms with E-state index in [4.69, 9.17) is 73.6 Å². The number of nitrogens with one attached hydrogen (secondary N) is 8. The van der Waals surface area contributed by atoms with Gasteiger partial charge in [-0.15, -0.1) is 54.6 Å². The third-order valence-electron chi connectivity index (χ3n) is 13.8. The molecule has 22 nitrogen and oxygen atoms in total. The van der Waals surface area contributed by atoms with Crippen molar-refractivity contribution in [2.24, 2.45) is 25.7 Å². The van der Waals surface area contributed by atoms with Crippen LogP contribution in [-0.2, 0) is 60.3 Å². The van der Waals surface area contributed by atoms with Crippen molar-refractivity contribution < 1.29 is 60.3 Å². The van der Waals surface area contributed by atoms with E-state index in [1.165, 1.54) is 85.2 Å². The largest absolute Gasteiger partial charge is 0.811 e. The molecule has 0 unspecified atom stereocenters. The maximum Gasteiger partial charge on any atom is 0.340 e. The van der Waals surface area contributed by atoms with E-state index >= 15 is 0 Å². The molecule has 0 aliphatic heterocycles. The van der Waals surface area contributed by atoms with Gasteiger partial charge in [0.15, 0.2) is 5.69 Å². The Hall–Kier alpha value is -16.8. The van der Waals surface area contributed by atoms with Crippen LogP contribution in [-0.4, -0.2) is 55.9 Å². The second-order valence-corrected chi connectivity index (χ2v) is 23.0. The Labute approximate surface area is 833 Å². The zero-order valence-corrected chi connectivity index (χ0v) is 79.1. The van der Waals surface area contributed by atoms with E-state index in [1.54, 1.807) is 110 Å². The Morgan fingerprint density at radius 2 is 0.545 bits per heavy atom. The van der Waals surface area contributed by atoms with E-state index in [-0.39, 0.29) is 75.2 Å². The minimum atomic E-state index is 0. The predicted octanol–water partition coefficient (Wildman–Crippen LogP) is 29.3. The van der Waals surface area contributed by atoms with Gasteiger partial charge >= 0.3 is 5.69 Å². The van der Waals surface area contributed by atoms with Gasteiger partial charge in [0.2, 0.25) is 0 Å². The minimum absolute atomic E-state index is 0. The van der Waals surface area contributed by atoms with Crippen LogP contribution in [0.2, 0.25) is 0 Å². The molecule has 0 atom stereocenters. The molecule has 691 valence electrons. The molecule has 13 aromatic carbocycles. The van der Waals surface area contributed by atoms with Crippen LogP contribution < -0.4 is 32.3 Å². The van der Waals surface area contributed by atoms with Crippen molar-refractivity contribution in [2.75, 3.05) is 26.6 Å². The van der Waals surface area contributed by atoms with E-state index in [0.717, 1.165) is 93.3 Å². The average Bonchev–Trinajstić information content (AvgIpc) is 0.851. The van der Waals surface area contributed by atoms with Gasteiger partial charge in [-0.1, -0.05) is 153 Å². The van der Waals surface area contributed by atoms with Gasteiger partial charge in [0.25, 0.3) is 6.57 Å². The summed E-state index contributed by atoms with van der Waals surface area (Å²) in [7, 11) is 0. The van der Waals surface area contributed by atoms with E-state index in [9.17, 15) is 0 Å². The summed E-state index contributed by atoms with van der Waals surface area (Å²) >= 11 is 0. The number of aliphatic imine (C=N–C) groups is 4. The molecule has 3 radical (unpaired) electrons. The first-order chi connectivity index (χ1) is 63.5. The summed E-state index contributed by atoms with van der Waals surface area (Å²) in [5.41, 5.74) is 34.2. The number of benzene rings is 13. The third-order valence-corrected chi connectivity index (χ3v) is 13.8. The number of hydrogen-bond acceptors (Lipinski definition) is 12. The molecule has 0 aliphatic rings. The zero-order chi connectivity index (χ0) is 93.7. The molecule has 0 amide bonds. The van der Waals surface area contributed by atoms with Crippen LogP contribution >= 0.6 is 0 Å². The molecule has 0 fully saturated rings. The van der Waals surface area contributed by atoms with E-state index in [2.05, 4.69) is 117 Å². The Morgan fingerprint density at radius 3 is 0.746 bits per heavy atom. The molecular formula is C109H102Ir3N22-16. The van der Waals surface area contributed by atoms with Gasteiger partial charge < -0.3 is 76.6 Å². The molecule has 134 heavy (non-hydrogen) atoms. The predicted molar refractivity (Wildman–Crippen MR) is 563 cm³/mol. The van der Waals surface area contributed by atoms with E-state index in [1.807, 2.05) is 279 Å². The number of nitriles is 2. The fourth-order valence-electron chi connectivity index (χ4n) is 8.35. The molecule has 13 aromatic rings. The SMILES string of the molecule is C.C.C#[N+]c1ccc2ccccc2c1.CC#N.CC#N.NC=CC=Nc1[c-]cccc1.[C-]#[N+]c1ccc2ccccc2c1.[Ir].[Ir].[Ir].[N-]=C/C=C\Nc1[c-]cccc1.[N-]=C/C=C\Nc1[c-]cccc1.[N-]=C/C=C\Nc1[c-]cccc1.[N-]=C/C=C\Nc1[c-]cccc1.[N-]=C/C=C\Nc1[c-]cccc1.[NH-]/C=C\C=Nc1[c-]cccc1.[NH-]/C=C\C=Nc1[c-]cccc1.[NH-]/C=C\C=Nc1[c-]cccc1. The Morgan fingerprint density at radius 1 is 0.328 bits per heavy atom. The van der Waals surface area contributed by atoms with Crippen LogP contribution in [0.15, 0.2) is 434 Å². The second-order valence-electron chi connectivity index (χ2n) is 23.0. The number of allylic oxidation sites excluding steroid dienone is 9. The summed E-state index contributed by atoms with van der Waals surface area (Å²) in [6, 6.07) is 125. The molecule has 0 spiro atoms. The van der Waals surface area contributed by atoms with Gasteiger partial charge in [0.1, 0.15) is 0 Å². The fraction of sp³-hybridized carbons (Fsp3) is 0.0367. The van der Waals surface area contributed by atoms with Crippen LogP contribution in [0, 0.1) is 90.4 Å². The van der Waals surface area contributed by atoms with Crippen molar-refractivity contribution in [3.05, 3.63) is 529 Å². The first kappa shape index (κ1) is 126. The second kappa shape index (κ2) is 95.3. The summed E-state index contributed by atoms with van der Waals surface area (Å²) in [5.74, 6) is 0. The number of para-hydroxylation sites is 9. The Bertz CT molecular complexity index is 5040. The molecule has 13 rings (SSSR count). The molecule has 0 saturated carbocycles. The summed E-state index contributed by atoms with van der Waals surface area (Å²) < 4.78 is 0. The Kier molecular flexibility index (Phi) is 89.4. The monoisotopic (exact) mass is 2300 g/mol. The molecule has 10 N–H and O–H groups in total. The normalized spacial score (nSPS) is 9.57. The number of anilines is 5. The number of fused-ring (bicyclic) bond motifs is 2. The number of nitrogens with zero attached hydrogens (tertiary/aromatic N) is 13. The summed E-state index contributed by atoms with van der Waals surface area (Å²) in [6.45, 7) is 14.9. The van der Waals surface area contributed by atoms with Crippen LogP contribution in [0.25, 0.3) is 75.5 Å². The van der Waals surface area contributed by atoms with E-state index in [0.29, 0.717) is 5.69 Å². The van der Waals surface area contributed by atoms with Gasteiger partial charge in [-0.3, -0.25) is 20.0 Å². The van der Waals surface area contributed by atoms with Crippen molar-refractivity contribution >= 4 is 140 Å². The van der Waals surface area contributed by atoms with E-state index < -0.39 is 0 Å². The van der Waals surface area contributed by atoms with Gasteiger partial charge in [0, 0.05) is 111 Å². The van der Waals surface area contributed by atoms with Gasteiger partial charge in [-0.25, -0.2) is 4.85 Å². The number of nitrogens with two attached hydrogens (primary N) is 1. The molecular weight excluding hydrogens is 2190 g/mol. The summed E-state index contributed by atoms with van der Waals surface area (Å²) in [4.78, 5) is 23.1. The maximum absolute atomic E-state index is 8.28. The topological polar surface area (TPSA) is 375 Å². The van der Waals surface area contributed by atoms with Crippen LogP contribution in [0.1, 0.15) is 28.7 Å². The zero-order valence-electron chi connectivity index (χ0n) is 71.9. The van der Waals surface area contributed by atoms with Crippen molar-refractivity contribution in [2.45, 2.75) is 28.7 Å². The number of rotatable bonds is 23. The maximum atomic E-state index is 8.28. The standard InChI is InChI=1S/C11H8N.C11H7N.C9H9N2.8C9H8N2.2C2H3N.2CH4.3Ir/c2*1-12-11-7-6-9-4-2-3-5-10(9)8-11;9*10-7-4-8-11-9-5-2-1-3-6-9;2*1-2-3;;;;;/h1-8H;2-8H;1-5,7-8H,10H2;5*1-5,7-8,11H;3*1-5,7-8,10H;2*1H3;2*1H4;;;/q+1;;-1;8*-2;;;;;;;/b;;;5*8-4-;3*7-4-,11-8?;;;;;;;. The van der Waals surface area contributed by atoms with Crippen molar-refractivity contribution in [1.82, 2.24) is 0 Å². The first-order valence-electron chi connectivity index (χ1n) is 38.6. The molecule has 0 aromatic heterocycles. The third kappa shape index (κ3) is 72.2. The van der Waals surface area contributed by atoms with Crippen molar-refractivity contribution in [1.29, 1.82) is 10.5 Å². The molecule has 0 bridgehead atoms. The molecule has 25 heteroatoms. The molecule has 0 heterocycles. The fourth-order valence-corrected chi connectivity index (χ4v) is 8.35. The van der Waals surface area contributed by atoms with Gasteiger partial charge in [0.05, 0.1) is 18.7 Å². The smallest absolute Gasteiger partial charge is 0.340 e. The van der Waals surface area contributed by atoms with Gasteiger partial charge in [-0.05, 0) is 105 Å².